The first kappa shape index (κ1) is 17.8. The number of amides is 1. The fourth-order valence-electron chi connectivity index (χ4n) is 2.54. The van der Waals surface area contributed by atoms with Crippen LogP contribution in [0.3, 0.4) is 0 Å². The monoisotopic (exact) mass is 363 g/mol. The molecule has 0 fully saturated rings. The summed E-state index contributed by atoms with van der Waals surface area (Å²) in [7, 11) is 0. The quantitative estimate of drug-likeness (QED) is 0.706. The lowest BCUT2D eigenvalue weighted by molar-refractivity contribution is -0.274. The molecule has 3 rings (SSSR count). The van der Waals surface area contributed by atoms with E-state index in [1.807, 2.05) is 18.2 Å². The molecule has 0 aliphatic rings. The van der Waals surface area contributed by atoms with Gasteiger partial charge in [-0.25, -0.2) is 0 Å². The summed E-state index contributed by atoms with van der Waals surface area (Å²) in [4.78, 5) is 11.9. The van der Waals surface area contributed by atoms with Crippen LogP contribution < -0.4 is 10.1 Å². The van der Waals surface area contributed by atoms with Gasteiger partial charge in [-0.3, -0.25) is 9.89 Å². The van der Waals surface area contributed by atoms with Crippen LogP contribution in [0.5, 0.6) is 5.75 Å². The standard InChI is InChI=1S/C18H16F3N3O2/c19-18(20,21)26-15-5-2-12(3-6-15)10-17(25)22-8-7-13-1-4-14-11-23-24-16(14)9-13/h1-6,9,11H,7-8,10H2,(H,22,25)(H,23,24). The van der Waals surface area contributed by atoms with Crippen LogP contribution in [0.15, 0.2) is 48.7 Å². The molecule has 0 spiro atoms. The molecule has 2 aromatic carbocycles. The van der Waals surface area contributed by atoms with Gasteiger partial charge in [0.15, 0.2) is 0 Å². The Morgan fingerprint density at radius 3 is 2.58 bits per heavy atom. The van der Waals surface area contributed by atoms with Crippen molar-refractivity contribution >= 4 is 16.8 Å². The van der Waals surface area contributed by atoms with Gasteiger partial charge in [0.05, 0.1) is 18.1 Å². The number of halogens is 3. The lowest BCUT2D eigenvalue weighted by Gasteiger charge is -2.09. The third-order valence-electron chi connectivity index (χ3n) is 3.76. The Morgan fingerprint density at radius 2 is 1.85 bits per heavy atom. The summed E-state index contributed by atoms with van der Waals surface area (Å²) in [6.07, 6.45) is -2.23. The van der Waals surface area contributed by atoms with Crippen molar-refractivity contribution in [1.29, 1.82) is 0 Å². The predicted molar refractivity (Wildman–Crippen MR) is 89.6 cm³/mol. The van der Waals surface area contributed by atoms with E-state index < -0.39 is 6.36 Å². The zero-order valence-corrected chi connectivity index (χ0v) is 13.6. The minimum atomic E-state index is -4.72. The van der Waals surface area contributed by atoms with Crippen LogP contribution in [0.2, 0.25) is 0 Å². The van der Waals surface area contributed by atoms with E-state index in [-0.39, 0.29) is 18.1 Å². The number of aromatic nitrogens is 2. The molecule has 0 saturated carbocycles. The van der Waals surface area contributed by atoms with E-state index >= 15 is 0 Å². The van der Waals surface area contributed by atoms with Crippen LogP contribution in [0.25, 0.3) is 10.9 Å². The van der Waals surface area contributed by atoms with Crippen molar-refractivity contribution in [3.63, 3.8) is 0 Å². The average molecular weight is 363 g/mol. The number of fused-ring (bicyclic) bond motifs is 1. The van der Waals surface area contributed by atoms with Gasteiger partial charge in [-0.2, -0.15) is 5.10 Å². The number of nitrogens with one attached hydrogen (secondary N) is 2. The molecule has 2 N–H and O–H groups in total. The Labute approximate surface area is 147 Å². The van der Waals surface area contributed by atoms with Crippen molar-refractivity contribution in [2.45, 2.75) is 19.2 Å². The van der Waals surface area contributed by atoms with Crippen molar-refractivity contribution in [1.82, 2.24) is 15.5 Å². The van der Waals surface area contributed by atoms with Crippen molar-refractivity contribution < 1.29 is 22.7 Å². The summed E-state index contributed by atoms with van der Waals surface area (Å²) in [5.41, 5.74) is 2.61. The number of rotatable bonds is 6. The van der Waals surface area contributed by atoms with Crippen LogP contribution in [-0.4, -0.2) is 29.0 Å². The predicted octanol–water partition coefficient (Wildman–Crippen LogP) is 3.36. The molecule has 0 atom stereocenters. The van der Waals surface area contributed by atoms with Crippen molar-refractivity contribution in [2.24, 2.45) is 0 Å². The summed E-state index contributed by atoms with van der Waals surface area (Å²) in [6.45, 7) is 0.466. The molecule has 5 nitrogen and oxygen atoms in total. The van der Waals surface area contributed by atoms with E-state index in [9.17, 15) is 18.0 Å². The normalized spacial score (nSPS) is 11.5. The van der Waals surface area contributed by atoms with Crippen LogP contribution in [0.1, 0.15) is 11.1 Å². The number of ether oxygens (including phenoxy) is 1. The van der Waals surface area contributed by atoms with Crippen molar-refractivity contribution in [3.8, 4) is 5.75 Å². The molecule has 1 heterocycles. The molecule has 1 aromatic heterocycles. The van der Waals surface area contributed by atoms with E-state index in [1.54, 1.807) is 6.20 Å². The number of hydrogen-bond acceptors (Lipinski definition) is 3. The molecule has 8 heteroatoms. The number of carbonyl (C=O) groups excluding carboxylic acids is 1. The Bertz CT molecular complexity index is 889. The smallest absolute Gasteiger partial charge is 0.406 e. The third-order valence-corrected chi connectivity index (χ3v) is 3.76. The molecule has 3 aromatic rings. The van der Waals surface area contributed by atoms with Gasteiger partial charge in [0.25, 0.3) is 0 Å². The molecule has 0 aliphatic carbocycles. The SMILES string of the molecule is O=C(Cc1ccc(OC(F)(F)F)cc1)NCCc1ccc2cn[nH]c2c1. The van der Waals surface area contributed by atoms with E-state index in [0.29, 0.717) is 18.5 Å². The number of hydrogen-bond donors (Lipinski definition) is 2. The minimum absolute atomic E-state index is 0.0892. The van der Waals surface area contributed by atoms with Gasteiger partial charge in [0.1, 0.15) is 5.75 Å². The maximum atomic E-state index is 12.1. The molecule has 0 saturated heterocycles. The molecule has 0 radical (unpaired) electrons. The summed E-state index contributed by atoms with van der Waals surface area (Å²) < 4.78 is 40.1. The minimum Gasteiger partial charge on any atom is -0.406 e. The highest BCUT2D eigenvalue weighted by Gasteiger charge is 2.30. The second-order valence-corrected chi connectivity index (χ2v) is 5.76. The van der Waals surface area contributed by atoms with E-state index in [2.05, 4.69) is 20.3 Å². The maximum absolute atomic E-state index is 12.1. The Hall–Kier alpha value is -3.03. The second-order valence-electron chi connectivity index (χ2n) is 5.76. The van der Waals surface area contributed by atoms with Gasteiger partial charge >= 0.3 is 6.36 Å². The lowest BCUT2D eigenvalue weighted by Crippen LogP contribution is -2.27. The molecule has 1 amide bonds. The summed E-state index contributed by atoms with van der Waals surface area (Å²) in [5.74, 6) is -0.507. The number of nitrogens with zero attached hydrogens (tertiary/aromatic N) is 1. The molecule has 0 aliphatic heterocycles. The number of H-pyrrole nitrogens is 1. The second kappa shape index (κ2) is 7.47. The molecule has 0 unspecified atom stereocenters. The zero-order valence-electron chi connectivity index (χ0n) is 13.6. The van der Waals surface area contributed by atoms with Crippen LogP contribution in [0, 0.1) is 0 Å². The van der Waals surface area contributed by atoms with E-state index in [0.717, 1.165) is 16.5 Å². The Kier molecular flexibility index (Phi) is 5.11. The Balaban J connectivity index is 1.46. The first-order chi connectivity index (χ1) is 12.4. The van der Waals surface area contributed by atoms with Gasteiger partial charge in [-0.1, -0.05) is 24.3 Å². The highest BCUT2D eigenvalue weighted by molar-refractivity contribution is 5.79. The highest BCUT2D eigenvalue weighted by Crippen LogP contribution is 2.22. The van der Waals surface area contributed by atoms with Gasteiger partial charge < -0.3 is 10.1 Å². The number of alkyl halides is 3. The average Bonchev–Trinajstić information content (AvgIpc) is 3.03. The largest absolute Gasteiger partial charge is 0.573 e. The summed E-state index contributed by atoms with van der Waals surface area (Å²) >= 11 is 0. The fourth-order valence-corrected chi connectivity index (χ4v) is 2.54. The topological polar surface area (TPSA) is 67.0 Å². The van der Waals surface area contributed by atoms with Gasteiger partial charge in [0, 0.05) is 11.9 Å². The van der Waals surface area contributed by atoms with Crippen LogP contribution >= 0.6 is 0 Å². The van der Waals surface area contributed by atoms with Gasteiger partial charge in [-0.05, 0) is 35.7 Å². The lowest BCUT2D eigenvalue weighted by atomic mass is 10.1. The van der Waals surface area contributed by atoms with Crippen LogP contribution in [0.4, 0.5) is 13.2 Å². The van der Waals surface area contributed by atoms with Gasteiger partial charge in [-0.15, -0.1) is 13.2 Å². The molecular formula is C18H16F3N3O2. The van der Waals surface area contributed by atoms with Crippen molar-refractivity contribution in [2.75, 3.05) is 6.54 Å². The van der Waals surface area contributed by atoms with Crippen LogP contribution in [-0.2, 0) is 17.6 Å². The van der Waals surface area contributed by atoms with E-state index in [1.165, 1.54) is 24.3 Å². The first-order valence-corrected chi connectivity index (χ1v) is 7.92. The molecule has 0 bridgehead atoms. The fraction of sp³-hybridized carbons (Fsp3) is 0.222. The molecule has 26 heavy (non-hydrogen) atoms. The van der Waals surface area contributed by atoms with Crippen molar-refractivity contribution in [3.05, 3.63) is 59.8 Å². The Morgan fingerprint density at radius 1 is 1.12 bits per heavy atom. The third kappa shape index (κ3) is 4.98. The summed E-state index contributed by atoms with van der Waals surface area (Å²) in [5, 5.41) is 10.7. The van der Waals surface area contributed by atoms with Gasteiger partial charge in [0.2, 0.25) is 5.91 Å². The molecule has 136 valence electrons. The molecular weight excluding hydrogens is 347 g/mol. The number of benzene rings is 2. The highest BCUT2D eigenvalue weighted by atomic mass is 19.4. The van der Waals surface area contributed by atoms with E-state index in [4.69, 9.17) is 0 Å². The number of carbonyl (C=O) groups is 1. The first-order valence-electron chi connectivity index (χ1n) is 7.92. The summed E-state index contributed by atoms with van der Waals surface area (Å²) in [6, 6.07) is 11.2. The zero-order chi connectivity index (χ0) is 18.6. The maximum Gasteiger partial charge on any atom is 0.573 e. The number of aromatic amines is 1.